The number of hydrogen-bond acceptors (Lipinski definition) is 4. The molecule has 0 spiro atoms. The van der Waals surface area contributed by atoms with Gasteiger partial charge in [-0.3, -0.25) is 4.90 Å². The predicted molar refractivity (Wildman–Crippen MR) is 99.5 cm³/mol. The Morgan fingerprint density at radius 2 is 1.85 bits per heavy atom. The maximum atomic E-state index is 13.9. The molecule has 4 rings (SSSR count). The number of pyridine rings is 1. The van der Waals surface area contributed by atoms with Crippen LogP contribution in [-0.2, 0) is 19.5 Å². The van der Waals surface area contributed by atoms with E-state index in [0.717, 1.165) is 29.8 Å². The summed E-state index contributed by atoms with van der Waals surface area (Å²) in [6.45, 7) is 1.91. The second-order valence-corrected chi connectivity index (χ2v) is 7.11. The summed E-state index contributed by atoms with van der Waals surface area (Å²) >= 11 is 11.9. The van der Waals surface area contributed by atoms with Gasteiger partial charge in [0, 0.05) is 60.2 Å². The second kappa shape index (κ2) is 7.27. The lowest BCUT2D eigenvalue weighted by molar-refractivity contribution is 0.239. The van der Waals surface area contributed by atoms with Gasteiger partial charge in [0.1, 0.15) is 0 Å². The standard InChI is InChI=1S/C19H15Cl2FN4/c20-15-3-1-12(2-4-15)19-24-8-14-11-26(6-5-17(14)25-19)10-13-7-16(21)9-23-18(13)22/h1-4,7-9H,5-6,10-11H2. The molecule has 0 saturated carbocycles. The van der Waals surface area contributed by atoms with Crippen molar-refractivity contribution in [1.29, 1.82) is 0 Å². The average molecular weight is 389 g/mol. The molecule has 1 aromatic carbocycles. The normalized spacial score (nSPS) is 14.3. The lowest BCUT2D eigenvalue weighted by atomic mass is 10.1. The molecular formula is C19H15Cl2FN4. The van der Waals surface area contributed by atoms with Crippen LogP contribution in [0, 0.1) is 5.95 Å². The fraction of sp³-hybridized carbons (Fsp3) is 0.211. The molecule has 0 unspecified atom stereocenters. The van der Waals surface area contributed by atoms with Crippen LogP contribution in [0.3, 0.4) is 0 Å². The van der Waals surface area contributed by atoms with E-state index < -0.39 is 5.95 Å². The zero-order valence-corrected chi connectivity index (χ0v) is 15.3. The zero-order valence-electron chi connectivity index (χ0n) is 13.8. The van der Waals surface area contributed by atoms with E-state index in [0.29, 0.717) is 34.5 Å². The number of nitrogens with zero attached hydrogens (tertiary/aromatic N) is 4. The molecule has 0 bridgehead atoms. The molecule has 0 radical (unpaired) electrons. The molecule has 26 heavy (non-hydrogen) atoms. The van der Waals surface area contributed by atoms with Gasteiger partial charge in [0.25, 0.3) is 0 Å². The number of fused-ring (bicyclic) bond motifs is 1. The molecule has 0 amide bonds. The van der Waals surface area contributed by atoms with Crippen molar-refractivity contribution in [1.82, 2.24) is 19.9 Å². The van der Waals surface area contributed by atoms with Crippen molar-refractivity contribution in [2.75, 3.05) is 6.54 Å². The summed E-state index contributed by atoms with van der Waals surface area (Å²) in [5.74, 6) is 0.216. The van der Waals surface area contributed by atoms with E-state index in [1.807, 2.05) is 30.5 Å². The largest absolute Gasteiger partial charge is 0.294 e. The number of aromatic nitrogens is 3. The van der Waals surface area contributed by atoms with Crippen molar-refractivity contribution >= 4 is 23.2 Å². The first-order chi connectivity index (χ1) is 12.6. The minimum atomic E-state index is -0.477. The highest BCUT2D eigenvalue weighted by Crippen LogP contribution is 2.24. The zero-order chi connectivity index (χ0) is 18.1. The summed E-state index contributed by atoms with van der Waals surface area (Å²) in [5, 5.41) is 1.12. The summed E-state index contributed by atoms with van der Waals surface area (Å²) in [7, 11) is 0. The van der Waals surface area contributed by atoms with E-state index in [1.54, 1.807) is 6.07 Å². The van der Waals surface area contributed by atoms with Gasteiger partial charge >= 0.3 is 0 Å². The van der Waals surface area contributed by atoms with Crippen LogP contribution in [0.1, 0.15) is 16.8 Å². The van der Waals surface area contributed by atoms with Crippen LogP contribution >= 0.6 is 23.2 Å². The number of hydrogen-bond donors (Lipinski definition) is 0. The van der Waals surface area contributed by atoms with Gasteiger partial charge in [0.2, 0.25) is 5.95 Å². The Morgan fingerprint density at radius 3 is 2.65 bits per heavy atom. The van der Waals surface area contributed by atoms with Gasteiger partial charge in [-0.15, -0.1) is 0 Å². The Kier molecular flexibility index (Phi) is 4.85. The molecule has 132 valence electrons. The first-order valence-electron chi connectivity index (χ1n) is 8.21. The topological polar surface area (TPSA) is 41.9 Å². The highest BCUT2D eigenvalue weighted by atomic mass is 35.5. The minimum absolute atomic E-state index is 0.440. The van der Waals surface area contributed by atoms with Gasteiger partial charge in [-0.1, -0.05) is 23.2 Å². The summed E-state index contributed by atoms with van der Waals surface area (Å²) in [5.41, 5.74) is 3.53. The third-order valence-corrected chi connectivity index (χ3v) is 4.85. The van der Waals surface area contributed by atoms with Crippen LogP contribution in [0.15, 0.2) is 42.7 Å². The summed E-state index contributed by atoms with van der Waals surface area (Å²) in [6.07, 6.45) is 3.96. The Bertz CT molecular complexity index is 947. The molecule has 1 aliphatic heterocycles. The van der Waals surface area contributed by atoms with Crippen LogP contribution in [0.4, 0.5) is 4.39 Å². The lowest BCUT2D eigenvalue weighted by Gasteiger charge is -2.28. The molecule has 3 heterocycles. The fourth-order valence-electron chi connectivity index (χ4n) is 3.06. The molecule has 0 aliphatic carbocycles. The highest BCUT2D eigenvalue weighted by molar-refractivity contribution is 6.30. The molecule has 2 aromatic heterocycles. The number of rotatable bonds is 3. The van der Waals surface area contributed by atoms with E-state index in [9.17, 15) is 4.39 Å². The summed E-state index contributed by atoms with van der Waals surface area (Å²) < 4.78 is 13.9. The molecule has 0 atom stereocenters. The van der Waals surface area contributed by atoms with Gasteiger partial charge in [-0.2, -0.15) is 4.39 Å². The van der Waals surface area contributed by atoms with E-state index in [4.69, 9.17) is 28.2 Å². The smallest absolute Gasteiger partial charge is 0.217 e. The first kappa shape index (κ1) is 17.3. The van der Waals surface area contributed by atoms with Gasteiger partial charge in [0.05, 0.1) is 10.7 Å². The third kappa shape index (κ3) is 3.70. The first-order valence-corrected chi connectivity index (χ1v) is 8.97. The molecule has 3 aromatic rings. The number of halogens is 3. The number of benzene rings is 1. The van der Waals surface area contributed by atoms with Crippen LogP contribution in [-0.4, -0.2) is 26.4 Å². The van der Waals surface area contributed by atoms with Crippen LogP contribution in [0.25, 0.3) is 11.4 Å². The van der Waals surface area contributed by atoms with Crippen molar-refractivity contribution in [2.45, 2.75) is 19.5 Å². The van der Waals surface area contributed by atoms with Crippen LogP contribution in [0.5, 0.6) is 0 Å². The summed E-state index contributed by atoms with van der Waals surface area (Å²) in [6, 6.07) is 9.10. The molecule has 4 nitrogen and oxygen atoms in total. The van der Waals surface area contributed by atoms with E-state index >= 15 is 0 Å². The van der Waals surface area contributed by atoms with Gasteiger partial charge in [-0.25, -0.2) is 15.0 Å². The maximum absolute atomic E-state index is 13.9. The Morgan fingerprint density at radius 1 is 1.04 bits per heavy atom. The Hall–Kier alpha value is -2.08. The lowest BCUT2D eigenvalue weighted by Crippen LogP contribution is -2.31. The fourth-order valence-corrected chi connectivity index (χ4v) is 3.37. The third-order valence-electron chi connectivity index (χ3n) is 4.39. The van der Waals surface area contributed by atoms with E-state index in [1.165, 1.54) is 6.20 Å². The van der Waals surface area contributed by atoms with Crippen LogP contribution in [0.2, 0.25) is 10.0 Å². The second-order valence-electron chi connectivity index (χ2n) is 6.24. The van der Waals surface area contributed by atoms with Crippen LogP contribution < -0.4 is 0 Å². The van der Waals surface area contributed by atoms with Crippen molar-refractivity contribution in [3.05, 3.63) is 75.5 Å². The predicted octanol–water partition coefficient (Wildman–Crippen LogP) is 4.54. The van der Waals surface area contributed by atoms with E-state index in [2.05, 4.69) is 14.9 Å². The molecular weight excluding hydrogens is 374 g/mol. The molecule has 0 saturated heterocycles. The highest BCUT2D eigenvalue weighted by Gasteiger charge is 2.20. The van der Waals surface area contributed by atoms with Crippen molar-refractivity contribution in [2.24, 2.45) is 0 Å². The van der Waals surface area contributed by atoms with Gasteiger partial charge in [-0.05, 0) is 30.3 Å². The molecule has 0 fully saturated rings. The van der Waals surface area contributed by atoms with E-state index in [-0.39, 0.29) is 0 Å². The molecule has 0 N–H and O–H groups in total. The maximum Gasteiger partial charge on any atom is 0.217 e. The monoisotopic (exact) mass is 388 g/mol. The SMILES string of the molecule is Fc1ncc(Cl)cc1CN1CCc2nc(-c3ccc(Cl)cc3)ncc2C1. The van der Waals surface area contributed by atoms with Gasteiger partial charge < -0.3 is 0 Å². The quantitative estimate of drug-likeness (QED) is 0.617. The van der Waals surface area contributed by atoms with Crippen molar-refractivity contribution in [3.8, 4) is 11.4 Å². The molecule has 1 aliphatic rings. The van der Waals surface area contributed by atoms with Gasteiger partial charge in [0.15, 0.2) is 5.82 Å². The Balaban J connectivity index is 1.52. The molecule has 7 heteroatoms. The van der Waals surface area contributed by atoms with Crippen molar-refractivity contribution in [3.63, 3.8) is 0 Å². The van der Waals surface area contributed by atoms with Crippen molar-refractivity contribution < 1.29 is 4.39 Å². The minimum Gasteiger partial charge on any atom is -0.294 e. The summed E-state index contributed by atoms with van der Waals surface area (Å²) in [4.78, 5) is 15.0. The Labute approximate surface area is 160 Å². The average Bonchev–Trinajstić information content (AvgIpc) is 2.65.